The van der Waals surface area contributed by atoms with Crippen molar-refractivity contribution in [1.82, 2.24) is 4.90 Å². The van der Waals surface area contributed by atoms with Crippen LogP contribution < -0.4 is 4.74 Å². The molecule has 2 nitrogen and oxygen atoms in total. The monoisotopic (exact) mass is 267 g/mol. The normalized spacial score (nSPS) is 17.9. The fourth-order valence-corrected chi connectivity index (χ4v) is 2.88. The molecule has 2 rings (SSSR count). The van der Waals surface area contributed by atoms with E-state index in [1.54, 1.807) is 7.11 Å². The van der Waals surface area contributed by atoms with E-state index in [0.29, 0.717) is 5.92 Å². The Bertz CT molecular complexity index is 386. The fourth-order valence-electron chi connectivity index (χ4n) is 2.57. The molecule has 0 aliphatic carbocycles. The molecule has 3 heteroatoms. The second-order valence-corrected chi connectivity index (χ2v) is 5.50. The Labute approximate surface area is 115 Å². The minimum Gasteiger partial charge on any atom is -0.496 e. The van der Waals surface area contributed by atoms with Gasteiger partial charge in [-0.05, 0) is 44.8 Å². The van der Waals surface area contributed by atoms with Gasteiger partial charge in [0.05, 0.1) is 7.11 Å². The molecule has 0 spiro atoms. The Morgan fingerprint density at radius 2 is 2.06 bits per heavy atom. The van der Waals surface area contributed by atoms with Gasteiger partial charge in [0.1, 0.15) is 5.75 Å². The maximum atomic E-state index is 5.92. The van der Waals surface area contributed by atoms with Gasteiger partial charge in [-0.2, -0.15) is 0 Å². The first kappa shape index (κ1) is 13.7. The van der Waals surface area contributed by atoms with Gasteiger partial charge in [0.15, 0.2) is 0 Å². The van der Waals surface area contributed by atoms with Crippen LogP contribution in [0.3, 0.4) is 0 Å². The van der Waals surface area contributed by atoms with Crippen LogP contribution >= 0.6 is 11.6 Å². The lowest BCUT2D eigenvalue weighted by Crippen LogP contribution is -2.33. The van der Waals surface area contributed by atoms with Crippen LogP contribution in [-0.2, 0) is 6.54 Å². The first-order valence-corrected chi connectivity index (χ1v) is 7.18. The molecule has 0 radical (unpaired) electrons. The van der Waals surface area contributed by atoms with E-state index in [-0.39, 0.29) is 0 Å². The number of nitrogens with zero attached hydrogens (tertiary/aromatic N) is 1. The van der Waals surface area contributed by atoms with E-state index < -0.39 is 0 Å². The van der Waals surface area contributed by atoms with Crippen molar-refractivity contribution >= 4 is 11.6 Å². The first-order valence-electron chi connectivity index (χ1n) is 6.64. The van der Waals surface area contributed by atoms with Crippen LogP contribution in [0.5, 0.6) is 5.75 Å². The third-order valence-electron chi connectivity index (χ3n) is 3.76. The molecule has 1 saturated heterocycles. The van der Waals surface area contributed by atoms with Gasteiger partial charge in [0.25, 0.3) is 0 Å². The van der Waals surface area contributed by atoms with Gasteiger partial charge in [-0.3, -0.25) is 4.90 Å². The highest BCUT2D eigenvalue weighted by Gasteiger charge is 2.19. The summed E-state index contributed by atoms with van der Waals surface area (Å²) < 4.78 is 5.44. The molecule has 0 saturated carbocycles. The molecule has 18 heavy (non-hydrogen) atoms. The molecule has 0 unspecified atom stereocenters. The number of benzene rings is 1. The predicted octanol–water partition coefficient (Wildman–Crippen LogP) is 3.45. The first-order chi connectivity index (χ1) is 8.72. The zero-order valence-electron chi connectivity index (χ0n) is 11.3. The standard InChI is InChI=1S/C15H22ClNO/c1-12-3-4-15(18-2)14(9-12)11-17-7-5-13(10-16)6-8-17/h3-4,9,13H,5-8,10-11H2,1-2H3. The van der Waals surface area contributed by atoms with Crippen molar-refractivity contribution < 1.29 is 4.74 Å². The Hall–Kier alpha value is -0.730. The van der Waals surface area contributed by atoms with E-state index >= 15 is 0 Å². The smallest absolute Gasteiger partial charge is 0.123 e. The van der Waals surface area contributed by atoms with Gasteiger partial charge in [-0.25, -0.2) is 0 Å². The van der Waals surface area contributed by atoms with Gasteiger partial charge in [-0.1, -0.05) is 17.7 Å². The summed E-state index contributed by atoms with van der Waals surface area (Å²) in [7, 11) is 1.74. The summed E-state index contributed by atoms with van der Waals surface area (Å²) in [6, 6.07) is 6.39. The van der Waals surface area contributed by atoms with Gasteiger partial charge < -0.3 is 4.74 Å². The molecule has 0 amide bonds. The minimum atomic E-state index is 0.710. The molecule has 100 valence electrons. The van der Waals surface area contributed by atoms with E-state index in [1.807, 2.05) is 0 Å². The number of methoxy groups -OCH3 is 1. The van der Waals surface area contributed by atoms with Crippen molar-refractivity contribution in [2.24, 2.45) is 5.92 Å². The Morgan fingerprint density at radius 3 is 2.67 bits per heavy atom. The zero-order valence-corrected chi connectivity index (χ0v) is 12.0. The fraction of sp³-hybridized carbons (Fsp3) is 0.600. The number of likely N-dealkylation sites (tertiary alicyclic amines) is 1. The summed E-state index contributed by atoms with van der Waals surface area (Å²) in [6.45, 7) is 5.41. The number of hydrogen-bond donors (Lipinski definition) is 0. The molecule has 1 aliphatic rings. The van der Waals surface area contributed by atoms with Crippen LogP contribution in [0.4, 0.5) is 0 Å². The van der Waals surface area contributed by atoms with Crippen LogP contribution in [0.25, 0.3) is 0 Å². The SMILES string of the molecule is COc1ccc(C)cc1CN1CCC(CCl)CC1. The number of halogens is 1. The molecule has 0 aromatic heterocycles. The molecular weight excluding hydrogens is 246 g/mol. The average Bonchev–Trinajstić information content (AvgIpc) is 2.40. The predicted molar refractivity (Wildman–Crippen MR) is 76.5 cm³/mol. The lowest BCUT2D eigenvalue weighted by molar-refractivity contribution is 0.185. The van der Waals surface area contributed by atoms with Crippen LogP contribution in [0.1, 0.15) is 24.0 Å². The molecule has 0 N–H and O–H groups in total. The van der Waals surface area contributed by atoms with Crippen molar-refractivity contribution in [3.05, 3.63) is 29.3 Å². The number of rotatable bonds is 4. The summed E-state index contributed by atoms with van der Waals surface area (Å²) in [5, 5.41) is 0. The Morgan fingerprint density at radius 1 is 1.33 bits per heavy atom. The van der Waals surface area contributed by atoms with E-state index in [1.165, 1.54) is 24.0 Å². The van der Waals surface area contributed by atoms with Crippen molar-refractivity contribution in [2.75, 3.05) is 26.1 Å². The van der Waals surface area contributed by atoms with Crippen molar-refractivity contribution in [3.63, 3.8) is 0 Å². The maximum absolute atomic E-state index is 5.92. The van der Waals surface area contributed by atoms with Crippen molar-refractivity contribution in [3.8, 4) is 5.75 Å². The van der Waals surface area contributed by atoms with Crippen LogP contribution in [0, 0.1) is 12.8 Å². The zero-order chi connectivity index (χ0) is 13.0. The number of ether oxygens (including phenoxy) is 1. The van der Waals surface area contributed by atoms with Gasteiger partial charge in [-0.15, -0.1) is 11.6 Å². The van der Waals surface area contributed by atoms with E-state index in [9.17, 15) is 0 Å². The second kappa shape index (κ2) is 6.44. The summed E-state index contributed by atoms with van der Waals surface area (Å²) in [4.78, 5) is 2.50. The summed E-state index contributed by atoms with van der Waals surface area (Å²) >= 11 is 5.92. The number of aryl methyl sites for hydroxylation is 1. The van der Waals surface area contributed by atoms with Gasteiger partial charge >= 0.3 is 0 Å². The van der Waals surface area contributed by atoms with Gasteiger partial charge in [0, 0.05) is 18.0 Å². The van der Waals surface area contributed by atoms with Crippen LogP contribution in [0.2, 0.25) is 0 Å². The van der Waals surface area contributed by atoms with Crippen LogP contribution in [0.15, 0.2) is 18.2 Å². The van der Waals surface area contributed by atoms with Gasteiger partial charge in [0.2, 0.25) is 0 Å². The van der Waals surface area contributed by atoms with Crippen molar-refractivity contribution in [2.45, 2.75) is 26.3 Å². The van der Waals surface area contributed by atoms with E-state index in [0.717, 1.165) is 31.3 Å². The average molecular weight is 268 g/mol. The van der Waals surface area contributed by atoms with E-state index in [4.69, 9.17) is 16.3 Å². The molecular formula is C15H22ClNO. The summed E-state index contributed by atoms with van der Waals surface area (Å²) in [6.07, 6.45) is 2.44. The topological polar surface area (TPSA) is 12.5 Å². The molecule has 1 fully saturated rings. The van der Waals surface area contributed by atoms with Crippen molar-refractivity contribution in [1.29, 1.82) is 0 Å². The number of alkyl halides is 1. The second-order valence-electron chi connectivity index (χ2n) is 5.19. The van der Waals surface area contributed by atoms with Crippen LogP contribution in [-0.4, -0.2) is 31.0 Å². The molecule has 0 atom stereocenters. The maximum Gasteiger partial charge on any atom is 0.123 e. The molecule has 1 aromatic carbocycles. The third kappa shape index (κ3) is 3.39. The summed E-state index contributed by atoms with van der Waals surface area (Å²) in [5.41, 5.74) is 2.59. The molecule has 1 aliphatic heterocycles. The molecule has 1 aromatic rings. The lowest BCUT2D eigenvalue weighted by Gasteiger charge is -2.31. The highest BCUT2D eigenvalue weighted by atomic mass is 35.5. The largest absolute Gasteiger partial charge is 0.496 e. The van der Waals surface area contributed by atoms with E-state index in [2.05, 4.69) is 30.0 Å². The summed E-state index contributed by atoms with van der Waals surface area (Å²) in [5.74, 6) is 2.52. The lowest BCUT2D eigenvalue weighted by atomic mass is 9.98. The quantitative estimate of drug-likeness (QED) is 0.775. The Balaban J connectivity index is 1.99. The minimum absolute atomic E-state index is 0.710. The number of piperidine rings is 1. The highest BCUT2D eigenvalue weighted by Crippen LogP contribution is 2.24. The number of hydrogen-bond acceptors (Lipinski definition) is 2. The Kier molecular flexibility index (Phi) is 4.90. The molecule has 0 bridgehead atoms. The molecule has 1 heterocycles. The third-order valence-corrected chi connectivity index (χ3v) is 4.19. The highest BCUT2D eigenvalue weighted by molar-refractivity contribution is 6.18.